The van der Waals surface area contributed by atoms with Gasteiger partial charge in [-0.05, 0) is 55.3 Å². The van der Waals surface area contributed by atoms with Gasteiger partial charge in [0.1, 0.15) is 11.5 Å². The maximum atomic E-state index is 13.6. The summed E-state index contributed by atoms with van der Waals surface area (Å²) >= 11 is 1.24. The first-order chi connectivity index (χ1) is 14.7. The predicted molar refractivity (Wildman–Crippen MR) is 117 cm³/mol. The summed E-state index contributed by atoms with van der Waals surface area (Å²) in [6.45, 7) is 2.11. The summed E-state index contributed by atoms with van der Waals surface area (Å²) in [6, 6.07) is 15.2. The third-order valence-electron chi connectivity index (χ3n) is 4.33. The molecule has 3 aromatic rings. The molecule has 0 saturated carbocycles. The minimum absolute atomic E-state index is 0.0230. The summed E-state index contributed by atoms with van der Waals surface area (Å²) in [5, 5.41) is 9.54. The summed E-state index contributed by atoms with van der Waals surface area (Å²) in [5.74, 6) is -1.13. The molecule has 1 amide bonds. The van der Waals surface area contributed by atoms with Gasteiger partial charge in [-0.25, -0.2) is 22.5 Å². The molecule has 0 bridgehead atoms. The Morgan fingerprint density at radius 1 is 1.26 bits per heavy atom. The predicted octanol–water partition coefficient (Wildman–Crippen LogP) is 3.53. The highest BCUT2D eigenvalue weighted by molar-refractivity contribution is 7.89. The van der Waals surface area contributed by atoms with Crippen molar-refractivity contribution in [2.45, 2.75) is 13.3 Å². The summed E-state index contributed by atoms with van der Waals surface area (Å²) < 4.78 is 38.3. The van der Waals surface area contributed by atoms with Crippen LogP contribution in [0.4, 0.5) is 15.2 Å². The first kappa shape index (κ1) is 22.4. The lowest BCUT2D eigenvalue weighted by Crippen LogP contribution is -2.30. The lowest BCUT2D eigenvalue weighted by atomic mass is 10.1. The second-order valence-corrected chi connectivity index (χ2v) is 9.72. The Morgan fingerprint density at radius 3 is 2.58 bits per heavy atom. The molecule has 0 atom stereocenters. The van der Waals surface area contributed by atoms with Crippen molar-refractivity contribution in [1.82, 2.24) is 9.71 Å². The van der Waals surface area contributed by atoms with Crippen molar-refractivity contribution in [3.63, 3.8) is 0 Å². The summed E-state index contributed by atoms with van der Waals surface area (Å²) in [4.78, 5) is 19.1. The maximum absolute atomic E-state index is 13.6. The van der Waals surface area contributed by atoms with E-state index >= 15 is 0 Å². The molecule has 1 heterocycles. The summed E-state index contributed by atoms with van der Waals surface area (Å²) in [7, 11) is -3.72. The zero-order valence-corrected chi connectivity index (χ0v) is 18.4. The van der Waals surface area contributed by atoms with Crippen molar-refractivity contribution >= 4 is 38.1 Å². The van der Waals surface area contributed by atoms with Crippen molar-refractivity contribution in [3.05, 3.63) is 76.0 Å². The molecule has 0 radical (unpaired) electrons. The quantitative estimate of drug-likeness (QED) is 0.581. The average Bonchev–Trinajstić information content (AvgIpc) is 3.09. The van der Waals surface area contributed by atoms with E-state index in [0.29, 0.717) is 28.5 Å². The zero-order chi connectivity index (χ0) is 22.6. The Hall–Kier alpha value is -3.29. The van der Waals surface area contributed by atoms with E-state index in [1.807, 2.05) is 15.7 Å². The first-order valence-electron chi connectivity index (χ1n) is 9.18. The number of thiazole rings is 1. The van der Waals surface area contributed by atoms with Gasteiger partial charge in [0.05, 0.1) is 17.9 Å². The Kier molecular flexibility index (Phi) is 6.68. The molecule has 7 nitrogen and oxygen atoms in total. The zero-order valence-electron chi connectivity index (χ0n) is 16.8. The van der Waals surface area contributed by atoms with Gasteiger partial charge in [0.25, 0.3) is 5.91 Å². The third kappa shape index (κ3) is 5.87. The molecule has 0 spiro atoms. The fourth-order valence-electron chi connectivity index (χ4n) is 2.91. The lowest BCUT2D eigenvalue weighted by molar-refractivity contribution is 0.0977. The minimum atomic E-state index is -3.72. The number of amides is 1. The van der Waals surface area contributed by atoms with Gasteiger partial charge in [0.2, 0.25) is 10.0 Å². The molecule has 0 saturated heterocycles. The van der Waals surface area contributed by atoms with E-state index in [9.17, 15) is 17.6 Å². The largest absolute Gasteiger partial charge is 0.317 e. The van der Waals surface area contributed by atoms with Crippen LogP contribution in [0.1, 0.15) is 26.5 Å². The van der Waals surface area contributed by atoms with Gasteiger partial charge in [-0.15, -0.1) is 11.3 Å². The molecule has 160 valence electrons. The highest BCUT2D eigenvalue weighted by Crippen LogP contribution is 2.32. The molecule has 3 rings (SSSR count). The van der Waals surface area contributed by atoms with Crippen LogP contribution in [-0.4, -0.2) is 32.1 Å². The fourth-order valence-corrected chi connectivity index (χ4v) is 4.30. The fraction of sp³-hybridized carbons (Fsp3) is 0.190. The van der Waals surface area contributed by atoms with Crippen LogP contribution in [0, 0.1) is 24.1 Å². The number of sulfonamides is 1. The second-order valence-electron chi connectivity index (χ2n) is 6.79. The highest BCUT2D eigenvalue weighted by Gasteiger charge is 2.22. The average molecular weight is 459 g/mol. The molecule has 0 fully saturated rings. The number of nitriles is 1. The van der Waals surface area contributed by atoms with Crippen LogP contribution in [0.25, 0.3) is 0 Å². The van der Waals surface area contributed by atoms with E-state index in [2.05, 4.69) is 11.1 Å². The molecular formula is C21H19FN4O3S2. The van der Waals surface area contributed by atoms with Gasteiger partial charge < -0.3 is 4.90 Å². The number of anilines is 2. The van der Waals surface area contributed by atoms with Gasteiger partial charge in [-0.1, -0.05) is 12.1 Å². The number of hydrogen-bond donors (Lipinski definition) is 1. The van der Waals surface area contributed by atoms with Crippen LogP contribution < -0.4 is 9.62 Å². The number of rotatable bonds is 7. The van der Waals surface area contributed by atoms with Crippen molar-refractivity contribution in [1.29, 1.82) is 5.26 Å². The van der Waals surface area contributed by atoms with Crippen LogP contribution in [-0.2, 0) is 16.4 Å². The van der Waals surface area contributed by atoms with E-state index in [-0.39, 0.29) is 11.5 Å². The molecule has 0 unspecified atom stereocenters. The molecule has 0 aliphatic heterocycles. The van der Waals surface area contributed by atoms with Crippen molar-refractivity contribution in [2.24, 2.45) is 0 Å². The van der Waals surface area contributed by atoms with Gasteiger partial charge in [0, 0.05) is 17.1 Å². The van der Waals surface area contributed by atoms with Crippen molar-refractivity contribution in [2.75, 3.05) is 17.7 Å². The Balaban J connectivity index is 1.94. The number of nitrogens with one attached hydrogen (secondary N) is 1. The number of aromatic nitrogens is 1. The Morgan fingerprint density at radius 2 is 1.97 bits per heavy atom. The highest BCUT2D eigenvalue weighted by atomic mass is 32.2. The SMILES string of the molecule is Cc1sc(N(CCc2cccc(F)c2)c2ccc(C#N)cc2)nc1C(=O)NS(C)(=O)=O. The molecular weight excluding hydrogens is 439 g/mol. The first-order valence-corrected chi connectivity index (χ1v) is 11.9. The Bertz CT molecular complexity index is 1250. The van der Waals surface area contributed by atoms with E-state index in [0.717, 1.165) is 17.5 Å². The number of carbonyl (C=O) groups excluding carboxylic acids is 1. The molecule has 0 aliphatic carbocycles. The topological polar surface area (TPSA) is 103 Å². The normalized spacial score (nSPS) is 11.0. The summed E-state index contributed by atoms with van der Waals surface area (Å²) in [5.41, 5.74) is 2.05. The molecule has 1 N–H and O–H groups in total. The van der Waals surface area contributed by atoms with Crippen molar-refractivity contribution in [3.8, 4) is 6.07 Å². The Labute approximate surface area is 183 Å². The maximum Gasteiger partial charge on any atom is 0.284 e. The minimum Gasteiger partial charge on any atom is -0.317 e. The molecule has 31 heavy (non-hydrogen) atoms. The number of hydrogen-bond acceptors (Lipinski definition) is 7. The molecule has 1 aromatic heterocycles. The van der Waals surface area contributed by atoms with Crippen molar-refractivity contribution < 1.29 is 17.6 Å². The van der Waals surface area contributed by atoms with E-state index < -0.39 is 15.9 Å². The monoisotopic (exact) mass is 458 g/mol. The summed E-state index contributed by atoms with van der Waals surface area (Å²) in [6.07, 6.45) is 1.40. The number of nitrogens with zero attached hydrogens (tertiary/aromatic N) is 3. The number of benzene rings is 2. The number of halogens is 1. The number of carbonyl (C=O) groups is 1. The van der Waals surface area contributed by atoms with Gasteiger partial charge >= 0.3 is 0 Å². The second kappa shape index (κ2) is 9.24. The third-order valence-corrected chi connectivity index (χ3v) is 5.88. The smallest absolute Gasteiger partial charge is 0.284 e. The number of aryl methyl sites for hydroxylation is 1. The molecule has 2 aromatic carbocycles. The molecule has 0 aliphatic rings. The van der Waals surface area contributed by atoms with Crippen LogP contribution in [0.5, 0.6) is 0 Å². The van der Waals surface area contributed by atoms with Crippen LogP contribution in [0.3, 0.4) is 0 Å². The standard InChI is InChI=1S/C21H19FN4O3S2/c1-14-19(20(27)25-31(2,28)29)24-21(30-14)26(18-8-6-16(13-23)7-9-18)11-10-15-4-3-5-17(22)12-15/h3-9,12H,10-11H2,1-2H3,(H,25,27). The van der Waals surface area contributed by atoms with E-state index in [1.54, 1.807) is 37.3 Å². The molecule has 10 heteroatoms. The van der Waals surface area contributed by atoms with Gasteiger partial charge in [-0.2, -0.15) is 5.26 Å². The van der Waals surface area contributed by atoms with Gasteiger partial charge in [0.15, 0.2) is 5.13 Å². The van der Waals surface area contributed by atoms with Crippen LogP contribution in [0.2, 0.25) is 0 Å². The van der Waals surface area contributed by atoms with Crippen LogP contribution >= 0.6 is 11.3 Å². The van der Waals surface area contributed by atoms with E-state index in [4.69, 9.17) is 5.26 Å². The lowest BCUT2D eigenvalue weighted by Gasteiger charge is -2.22. The van der Waals surface area contributed by atoms with Gasteiger partial charge in [-0.3, -0.25) is 4.79 Å². The van der Waals surface area contributed by atoms with E-state index in [1.165, 1.54) is 23.5 Å². The van der Waals surface area contributed by atoms with Crippen LogP contribution in [0.15, 0.2) is 48.5 Å².